The molecule has 3 rings (SSSR count). The molecule has 1 N–H and O–H groups in total. The van der Waals surface area contributed by atoms with Crippen LogP contribution in [0, 0.1) is 18.8 Å². The minimum atomic E-state index is 0.451. The van der Waals surface area contributed by atoms with Gasteiger partial charge in [-0.1, -0.05) is 59.9 Å². The van der Waals surface area contributed by atoms with E-state index >= 15 is 0 Å². The van der Waals surface area contributed by atoms with Gasteiger partial charge in [-0.15, -0.1) is 11.3 Å². The number of hydrogen-bond donors (Lipinski definition) is 1. The highest BCUT2D eigenvalue weighted by molar-refractivity contribution is 7.12. The van der Waals surface area contributed by atoms with Crippen molar-refractivity contribution in [3.63, 3.8) is 0 Å². The summed E-state index contributed by atoms with van der Waals surface area (Å²) >= 11 is 1.77. The van der Waals surface area contributed by atoms with Crippen molar-refractivity contribution in [2.24, 2.45) is 0 Å². The van der Waals surface area contributed by atoms with Crippen molar-refractivity contribution in [3.05, 3.63) is 93.2 Å². The van der Waals surface area contributed by atoms with Crippen molar-refractivity contribution in [2.75, 3.05) is 0 Å². The van der Waals surface area contributed by atoms with Gasteiger partial charge in [0.2, 0.25) is 0 Å². The first-order valence-corrected chi connectivity index (χ1v) is 9.45. The topological polar surface area (TPSA) is 12.0 Å². The number of aryl methyl sites for hydroxylation is 1. The van der Waals surface area contributed by atoms with E-state index in [9.17, 15) is 0 Å². The molecule has 0 amide bonds. The Labute approximate surface area is 154 Å². The summed E-state index contributed by atoms with van der Waals surface area (Å²) in [5.41, 5.74) is 3.70. The van der Waals surface area contributed by atoms with Crippen LogP contribution in [0.3, 0.4) is 0 Å². The van der Waals surface area contributed by atoms with Gasteiger partial charge in [-0.2, -0.15) is 0 Å². The Bertz CT molecular complexity index is 850. The maximum atomic E-state index is 3.60. The fourth-order valence-corrected chi connectivity index (χ4v) is 3.44. The van der Waals surface area contributed by atoms with E-state index in [0.717, 1.165) is 23.4 Å². The molecule has 0 aliphatic heterocycles. The molecule has 0 saturated heterocycles. The molecule has 1 nitrogen and oxygen atoms in total. The Morgan fingerprint density at radius 2 is 1.68 bits per heavy atom. The molecule has 25 heavy (non-hydrogen) atoms. The van der Waals surface area contributed by atoms with Crippen LogP contribution in [-0.2, 0) is 13.0 Å². The SMILES string of the molecule is Cc1ccc(C#Cc2ccc(CNC(C)Cc3ccccc3)s2)cc1. The maximum Gasteiger partial charge on any atom is 0.0775 e. The quantitative estimate of drug-likeness (QED) is 0.629. The molecule has 1 atom stereocenters. The molecule has 0 aliphatic rings. The summed E-state index contributed by atoms with van der Waals surface area (Å²) in [4.78, 5) is 2.45. The van der Waals surface area contributed by atoms with Crippen LogP contribution in [-0.4, -0.2) is 6.04 Å². The second-order valence-corrected chi connectivity index (χ2v) is 7.52. The van der Waals surface area contributed by atoms with Gasteiger partial charge in [-0.05, 0) is 50.1 Å². The van der Waals surface area contributed by atoms with E-state index in [2.05, 4.69) is 97.7 Å². The van der Waals surface area contributed by atoms with Crippen LogP contribution in [0.25, 0.3) is 0 Å². The Morgan fingerprint density at radius 1 is 0.920 bits per heavy atom. The van der Waals surface area contributed by atoms with Crippen LogP contribution < -0.4 is 5.32 Å². The first-order chi connectivity index (χ1) is 12.2. The van der Waals surface area contributed by atoms with Crippen LogP contribution >= 0.6 is 11.3 Å². The summed E-state index contributed by atoms with van der Waals surface area (Å²) in [6.45, 7) is 5.22. The van der Waals surface area contributed by atoms with E-state index in [1.165, 1.54) is 16.0 Å². The van der Waals surface area contributed by atoms with Crippen LogP contribution in [0.15, 0.2) is 66.7 Å². The van der Waals surface area contributed by atoms with Crippen LogP contribution in [0.5, 0.6) is 0 Å². The Kier molecular flexibility index (Phi) is 6.06. The lowest BCUT2D eigenvalue weighted by molar-refractivity contribution is 0.549. The van der Waals surface area contributed by atoms with E-state index in [-0.39, 0.29) is 0 Å². The van der Waals surface area contributed by atoms with Gasteiger partial charge in [-0.25, -0.2) is 0 Å². The summed E-state index contributed by atoms with van der Waals surface area (Å²) in [5, 5.41) is 3.60. The molecule has 1 aromatic heterocycles. The van der Waals surface area contributed by atoms with E-state index in [0.29, 0.717) is 6.04 Å². The predicted octanol–water partition coefficient (Wildman–Crippen LogP) is 5.18. The third kappa shape index (κ3) is 5.60. The number of benzene rings is 2. The molecule has 0 saturated carbocycles. The first kappa shape index (κ1) is 17.5. The van der Waals surface area contributed by atoms with Crippen molar-refractivity contribution in [1.82, 2.24) is 5.32 Å². The van der Waals surface area contributed by atoms with Crippen LogP contribution in [0.4, 0.5) is 0 Å². The summed E-state index contributed by atoms with van der Waals surface area (Å²) < 4.78 is 0. The highest BCUT2D eigenvalue weighted by atomic mass is 32.1. The zero-order valence-electron chi connectivity index (χ0n) is 14.8. The molecule has 0 spiro atoms. The Balaban J connectivity index is 1.52. The second kappa shape index (κ2) is 8.67. The minimum absolute atomic E-state index is 0.451. The fourth-order valence-electron chi connectivity index (χ4n) is 2.63. The molecule has 2 aromatic carbocycles. The second-order valence-electron chi connectivity index (χ2n) is 6.35. The fraction of sp³-hybridized carbons (Fsp3) is 0.217. The molecule has 2 heteroatoms. The Morgan fingerprint density at radius 3 is 2.44 bits per heavy atom. The Hall–Kier alpha value is -2.34. The van der Waals surface area contributed by atoms with E-state index in [1.54, 1.807) is 11.3 Å². The van der Waals surface area contributed by atoms with Crippen molar-refractivity contribution in [2.45, 2.75) is 32.9 Å². The molecule has 1 heterocycles. The standard InChI is InChI=1S/C23H23NS/c1-18-8-10-20(11-9-18)12-13-22-14-15-23(25-22)17-24-19(2)16-21-6-4-3-5-7-21/h3-11,14-15,19,24H,16-17H2,1-2H3. The lowest BCUT2D eigenvalue weighted by Gasteiger charge is -2.13. The maximum absolute atomic E-state index is 3.60. The van der Waals surface area contributed by atoms with Crippen LogP contribution in [0.1, 0.15) is 33.4 Å². The highest BCUT2D eigenvalue weighted by Crippen LogP contribution is 2.16. The average molecular weight is 346 g/mol. The summed E-state index contributed by atoms with van der Waals surface area (Å²) in [6, 6.07) is 23.7. The van der Waals surface area contributed by atoms with E-state index < -0.39 is 0 Å². The molecular weight excluding hydrogens is 322 g/mol. The third-order valence-electron chi connectivity index (χ3n) is 4.05. The van der Waals surface area contributed by atoms with Gasteiger partial charge in [0.1, 0.15) is 0 Å². The first-order valence-electron chi connectivity index (χ1n) is 8.64. The molecule has 0 radical (unpaired) electrons. The molecular formula is C23H23NS. The van der Waals surface area contributed by atoms with E-state index in [1.807, 2.05) is 0 Å². The van der Waals surface area contributed by atoms with Gasteiger partial charge < -0.3 is 5.32 Å². The third-order valence-corrected chi connectivity index (χ3v) is 5.05. The largest absolute Gasteiger partial charge is 0.309 e. The lowest BCUT2D eigenvalue weighted by Crippen LogP contribution is -2.27. The van der Waals surface area contributed by atoms with Gasteiger partial charge in [0.25, 0.3) is 0 Å². The average Bonchev–Trinajstić information content (AvgIpc) is 3.08. The molecule has 0 bridgehead atoms. The highest BCUT2D eigenvalue weighted by Gasteiger charge is 2.04. The van der Waals surface area contributed by atoms with Crippen molar-refractivity contribution < 1.29 is 0 Å². The van der Waals surface area contributed by atoms with Gasteiger partial charge >= 0.3 is 0 Å². The van der Waals surface area contributed by atoms with Gasteiger partial charge in [0.15, 0.2) is 0 Å². The smallest absolute Gasteiger partial charge is 0.0775 e. The van der Waals surface area contributed by atoms with Crippen molar-refractivity contribution >= 4 is 11.3 Å². The molecule has 126 valence electrons. The zero-order valence-corrected chi connectivity index (χ0v) is 15.6. The van der Waals surface area contributed by atoms with Crippen molar-refractivity contribution in [1.29, 1.82) is 0 Å². The molecule has 1 unspecified atom stereocenters. The molecule has 0 aliphatic carbocycles. The minimum Gasteiger partial charge on any atom is -0.309 e. The number of thiophene rings is 1. The van der Waals surface area contributed by atoms with Gasteiger partial charge in [0, 0.05) is 23.0 Å². The summed E-state index contributed by atoms with van der Waals surface area (Å²) in [7, 11) is 0. The zero-order chi connectivity index (χ0) is 17.5. The van der Waals surface area contributed by atoms with E-state index in [4.69, 9.17) is 0 Å². The van der Waals surface area contributed by atoms with Crippen LogP contribution in [0.2, 0.25) is 0 Å². The van der Waals surface area contributed by atoms with Gasteiger partial charge in [0.05, 0.1) is 4.88 Å². The van der Waals surface area contributed by atoms with Crippen molar-refractivity contribution in [3.8, 4) is 11.8 Å². The predicted molar refractivity (Wildman–Crippen MR) is 108 cm³/mol. The number of hydrogen-bond acceptors (Lipinski definition) is 2. The van der Waals surface area contributed by atoms with Gasteiger partial charge in [-0.3, -0.25) is 0 Å². The monoisotopic (exact) mass is 345 g/mol. The number of rotatable bonds is 5. The summed E-state index contributed by atoms with van der Waals surface area (Å²) in [6.07, 6.45) is 1.05. The molecule has 3 aromatic rings. The lowest BCUT2D eigenvalue weighted by atomic mass is 10.1. The molecule has 0 fully saturated rings. The summed E-state index contributed by atoms with van der Waals surface area (Å²) in [5.74, 6) is 6.51. The number of nitrogens with one attached hydrogen (secondary N) is 1. The normalized spacial score (nSPS) is 11.6.